The lowest BCUT2D eigenvalue weighted by Crippen LogP contribution is -2.38. The fourth-order valence-corrected chi connectivity index (χ4v) is 2.42. The normalized spacial score (nSPS) is 22.5. The smallest absolute Gasteiger partial charge is 0.127 e. The molecule has 1 saturated heterocycles. The van der Waals surface area contributed by atoms with Crippen LogP contribution >= 0.6 is 0 Å². The predicted octanol–water partition coefficient (Wildman–Crippen LogP) is 2.40. The van der Waals surface area contributed by atoms with E-state index >= 15 is 0 Å². The summed E-state index contributed by atoms with van der Waals surface area (Å²) in [4.78, 5) is 2.21. The molecular formula is C14H20F2N2. The van der Waals surface area contributed by atoms with E-state index in [2.05, 4.69) is 17.1 Å². The number of hydrogen-bond acceptors (Lipinski definition) is 2. The van der Waals surface area contributed by atoms with E-state index in [1.807, 2.05) is 0 Å². The molecule has 18 heavy (non-hydrogen) atoms. The topological polar surface area (TPSA) is 15.3 Å². The van der Waals surface area contributed by atoms with Gasteiger partial charge in [0.2, 0.25) is 0 Å². The fraction of sp³-hybridized carbons (Fsp3) is 0.571. The van der Waals surface area contributed by atoms with Crippen LogP contribution < -0.4 is 5.32 Å². The SMILES string of the molecule is CC1CNCCCN(Cc2cc(F)ccc2F)C1. The first-order valence-electron chi connectivity index (χ1n) is 6.52. The Bertz CT molecular complexity index is 395. The zero-order valence-corrected chi connectivity index (χ0v) is 10.8. The first kappa shape index (κ1) is 13.4. The number of rotatable bonds is 2. The van der Waals surface area contributed by atoms with Crippen molar-refractivity contribution in [2.24, 2.45) is 5.92 Å². The van der Waals surface area contributed by atoms with Crippen LogP contribution in [0.3, 0.4) is 0 Å². The highest BCUT2D eigenvalue weighted by atomic mass is 19.1. The van der Waals surface area contributed by atoms with E-state index in [0.29, 0.717) is 18.0 Å². The second-order valence-electron chi connectivity index (χ2n) is 5.13. The molecule has 0 aliphatic carbocycles. The van der Waals surface area contributed by atoms with Crippen LogP contribution in [0, 0.1) is 17.6 Å². The molecule has 1 aliphatic heterocycles. The quantitative estimate of drug-likeness (QED) is 0.872. The molecule has 0 aromatic heterocycles. The predicted molar refractivity (Wildman–Crippen MR) is 68.3 cm³/mol. The molecule has 1 unspecified atom stereocenters. The van der Waals surface area contributed by atoms with Crippen LogP contribution in [0.15, 0.2) is 18.2 Å². The van der Waals surface area contributed by atoms with Crippen molar-refractivity contribution in [2.45, 2.75) is 19.9 Å². The maximum atomic E-state index is 13.6. The largest absolute Gasteiger partial charge is 0.316 e. The molecule has 4 heteroatoms. The molecule has 100 valence electrons. The maximum Gasteiger partial charge on any atom is 0.127 e. The number of nitrogens with one attached hydrogen (secondary N) is 1. The van der Waals surface area contributed by atoms with Gasteiger partial charge in [-0.2, -0.15) is 0 Å². The van der Waals surface area contributed by atoms with Crippen molar-refractivity contribution in [1.29, 1.82) is 0 Å². The number of nitrogens with zero attached hydrogens (tertiary/aromatic N) is 1. The van der Waals surface area contributed by atoms with Crippen LogP contribution in [0.2, 0.25) is 0 Å². The molecule has 1 fully saturated rings. The van der Waals surface area contributed by atoms with Gasteiger partial charge in [-0.3, -0.25) is 4.90 Å². The molecule has 1 aliphatic rings. The van der Waals surface area contributed by atoms with E-state index < -0.39 is 0 Å². The summed E-state index contributed by atoms with van der Waals surface area (Å²) in [7, 11) is 0. The first-order valence-corrected chi connectivity index (χ1v) is 6.52. The van der Waals surface area contributed by atoms with Gasteiger partial charge in [0, 0.05) is 18.7 Å². The minimum absolute atomic E-state index is 0.316. The third kappa shape index (κ3) is 3.75. The Labute approximate surface area is 107 Å². The number of hydrogen-bond donors (Lipinski definition) is 1. The average Bonchev–Trinajstić information content (AvgIpc) is 2.30. The highest BCUT2D eigenvalue weighted by Crippen LogP contribution is 2.14. The summed E-state index contributed by atoms with van der Waals surface area (Å²) in [5.41, 5.74) is 0.454. The molecule has 2 nitrogen and oxygen atoms in total. The molecule has 2 rings (SSSR count). The first-order chi connectivity index (χ1) is 8.65. The van der Waals surface area contributed by atoms with Crippen LogP contribution in [0.5, 0.6) is 0 Å². The lowest BCUT2D eigenvalue weighted by atomic mass is 10.1. The van der Waals surface area contributed by atoms with Crippen LogP contribution in [0.1, 0.15) is 18.9 Å². The summed E-state index contributed by atoms with van der Waals surface area (Å²) >= 11 is 0. The molecule has 1 atom stereocenters. The summed E-state index contributed by atoms with van der Waals surface area (Å²) in [6, 6.07) is 3.68. The van der Waals surface area contributed by atoms with Gasteiger partial charge in [0.25, 0.3) is 0 Å². The fourth-order valence-electron chi connectivity index (χ4n) is 2.42. The highest BCUT2D eigenvalue weighted by molar-refractivity contribution is 5.18. The third-order valence-electron chi connectivity index (χ3n) is 3.29. The molecule has 0 saturated carbocycles. The molecule has 0 radical (unpaired) electrons. The lowest BCUT2D eigenvalue weighted by molar-refractivity contribution is 0.206. The second-order valence-corrected chi connectivity index (χ2v) is 5.13. The Morgan fingerprint density at radius 1 is 1.39 bits per heavy atom. The van der Waals surface area contributed by atoms with Gasteiger partial charge in [-0.25, -0.2) is 8.78 Å². The van der Waals surface area contributed by atoms with Gasteiger partial charge >= 0.3 is 0 Å². The van der Waals surface area contributed by atoms with Crippen molar-refractivity contribution in [2.75, 3.05) is 26.2 Å². The van der Waals surface area contributed by atoms with E-state index in [9.17, 15) is 8.78 Å². The van der Waals surface area contributed by atoms with Gasteiger partial charge < -0.3 is 5.32 Å². The Morgan fingerprint density at radius 2 is 2.22 bits per heavy atom. The van der Waals surface area contributed by atoms with E-state index in [1.165, 1.54) is 18.2 Å². The molecule has 1 aromatic rings. The van der Waals surface area contributed by atoms with Gasteiger partial charge in [0.05, 0.1) is 0 Å². The minimum Gasteiger partial charge on any atom is -0.316 e. The van der Waals surface area contributed by atoms with Gasteiger partial charge in [-0.1, -0.05) is 6.92 Å². The summed E-state index contributed by atoms with van der Waals surface area (Å²) in [5.74, 6) is -0.153. The van der Waals surface area contributed by atoms with Crippen molar-refractivity contribution >= 4 is 0 Å². The second kappa shape index (κ2) is 6.25. The Kier molecular flexibility index (Phi) is 4.66. The van der Waals surface area contributed by atoms with E-state index in [-0.39, 0.29) is 11.6 Å². The molecule has 0 amide bonds. The van der Waals surface area contributed by atoms with Crippen molar-refractivity contribution in [3.8, 4) is 0 Å². The maximum absolute atomic E-state index is 13.6. The lowest BCUT2D eigenvalue weighted by Gasteiger charge is -2.28. The summed E-state index contributed by atoms with van der Waals surface area (Å²) < 4.78 is 26.7. The summed E-state index contributed by atoms with van der Waals surface area (Å²) in [6.45, 7) is 6.49. The van der Waals surface area contributed by atoms with E-state index in [1.54, 1.807) is 0 Å². The number of halogens is 2. The van der Waals surface area contributed by atoms with E-state index in [4.69, 9.17) is 0 Å². The van der Waals surface area contributed by atoms with Crippen LogP contribution in [-0.4, -0.2) is 31.1 Å². The third-order valence-corrected chi connectivity index (χ3v) is 3.29. The zero-order chi connectivity index (χ0) is 13.0. The van der Waals surface area contributed by atoms with Gasteiger partial charge in [0.1, 0.15) is 11.6 Å². The Balaban J connectivity index is 2.03. The standard InChI is InChI=1S/C14H20F2N2/c1-11-8-17-5-2-6-18(9-11)10-12-7-13(15)3-4-14(12)16/h3-4,7,11,17H,2,5-6,8-10H2,1H3. The summed E-state index contributed by atoms with van der Waals surface area (Å²) in [6.07, 6.45) is 1.05. The Hall–Kier alpha value is -1.00. The Morgan fingerprint density at radius 3 is 3.06 bits per heavy atom. The van der Waals surface area contributed by atoms with Crippen molar-refractivity contribution < 1.29 is 8.78 Å². The molecule has 1 aromatic carbocycles. The zero-order valence-electron chi connectivity index (χ0n) is 10.8. The molecule has 1 N–H and O–H groups in total. The van der Waals surface area contributed by atoms with Crippen molar-refractivity contribution in [1.82, 2.24) is 10.2 Å². The average molecular weight is 254 g/mol. The molecule has 0 spiro atoms. The van der Waals surface area contributed by atoms with E-state index in [0.717, 1.165) is 32.6 Å². The molecule has 1 heterocycles. The molecular weight excluding hydrogens is 234 g/mol. The van der Waals surface area contributed by atoms with Crippen molar-refractivity contribution in [3.05, 3.63) is 35.4 Å². The van der Waals surface area contributed by atoms with Crippen LogP contribution in [0.25, 0.3) is 0 Å². The van der Waals surface area contributed by atoms with Crippen molar-refractivity contribution in [3.63, 3.8) is 0 Å². The molecule has 0 bridgehead atoms. The van der Waals surface area contributed by atoms with Crippen LogP contribution in [-0.2, 0) is 6.54 Å². The minimum atomic E-state index is -0.367. The van der Waals surface area contributed by atoms with Gasteiger partial charge in [-0.15, -0.1) is 0 Å². The number of benzene rings is 1. The monoisotopic (exact) mass is 254 g/mol. The van der Waals surface area contributed by atoms with Gasteiger partial charge in [-0.05, 0) is 50.2 Å². The van der Waals surface area contributed by atoms with Gasteiger partial charge in [0.15, 0.2) is 0 Å². The highest BCUT2D eigenvalue weighted by Gasteiger charge is 2.15. The van der Waals surface area contributed by atoms with Crippen LogP contribution in [0.4, 0.5) is 8.78 Å². The summed E-state index contributed by atoms with van der Waals surface area (Å²) in [5, 5.41) is 3.38.